The summed E-state index contributed by atoms with van der Waals surface area (Å²) in [5.74, 6) is -4.87. The number of nitrogens with zero attached hydrogens (tertiary/aromatic N) is 3. The Morgan fingerprint density at radius 3 is 2.42 bits per heavy atom. The molecule has 33 heavy (non-hydrogen) atoms. The van der Waals surface area contributed by atoms with Gasteiger partial charge in [-0.25, -0.2) is 17.9 Å². The number of hydrogen-bond acceptors (Lipinski definition) is 7. The van der Waals surface area contributed by atoms with Gasteiger partial charge in [-0.1, -0.05) is 28.4 Å². The van der Waals surface area contributed by atoms with Crippen molar-refractivity contribution < 1.29 is 33.2 Å². The summed E-state index contributed by atoms with van der Waals surface area (Å²) in [6.45, 7) is -0.591. The highest BCUT2D eigenvalue weighted by molar-refractivity contribution is 8.03. The molecule has 2 heterocycles. The number of halogens is 5. The Morgan fingerprint density at radius 2 is 1.79 bits per heavy atom. The molecule has 1 aliphatic heterocycles. The zero-order chi connectivity index (χ0) is 23.9. The molecule has 0 spiro atoms. The summed E-state index contributed by atoms with van der Waals surface area (Å²) in [5, 5.41) is 39.3. The normalized spacial score (nSPS) is 20.8. The van der Waals surface area contributed by atoms with Crippen LogP contribution in [0.2, 0.25) is 10.0 Å². The Balaban J connectivity index is 1.70. The lowest BCUT2D eigenvalue weighted by atomic mass is 10.0. The second-order valence-electron chi connectivity index (χ2n) is 6.96. The Hall–Kier alpha value is -2.44. The molecule has 1 aromatic heterocycles. The van der Waals surface area contributed by atoms with Gasteiger partial charge in [-0.15, -0.1) is 5.10 Å². The minimum Gasteiger partial charge on any atom is -0.506 e. The fraction of sp³-hybridized carbons (Fsp3) is 0.200. The van der Waals surface area contributed by atoms with E-state index >= 15 is 0 Å². The van der Waals surface area contributed by atoms with Gasteiger partial charge in [0.1, 0.15) is 17.8 Å². The van der Waals surface area contributed by atoms with Crippen LogP contribution in [0.1, 0.15) is 6.04 Å². The molecule has 0 saturated carbocycles. The number of rotatable bonds is 5. The van der Waals surface area contributed by atoms with Crippen LogP contribution in [0.5, 0.6) is 0 Å². The average molecular weight is 520 g/mol. The van der Waals surface area contributed by atoms with Crippen LogP contribution in [0.4, 0.5) is 13.2 Å². The first-order valence-electron chi connectivity index (χ1n) is 9.28. The van der Waals surface area contributed by atoms with Crippen molar-refractivity contribution >= 4 is 35.0 Å². The van der Waals surface area contributed by atoms with Gasteiger partial charge in [0.2, 0.25) is 0 Å². The second-order valence-corrected chi connectivity index (χ2v) is 8.82. The lowest BCUT2D eigenvalue weighted by Gasteiger charge is -2.34. The van der Waals surface area contributed by atoms with E-state index in [4.69, 9.17) is 27.9 Å². The summed E-state index contributed by atoms with van der Waals surface area (Å²) in [5.41, 5.74) is -0.148. The third-order valence-electron chi connectivity index (χ3n) is 4.81. The molecule has 3 aromatic rings. The number of aromatic nitrogens is 3. The molecule has 0 amide bonds. The van der Waals surface area contributed by atoms with E-state index in [-0.39, 0.29) is 21.4 Å². The fourth-order valence-corrected chi connectivity index (χ4v) is 4.44. The maximum atomic E-state index is 13.6. The van der Waals surface area contributed by atoms with Crippen molar-refractivity contribution in [1.82, 2.24) is 15.0 Å². The Morgan fingerprint density at radius 1 is 1.09 bits per heavy atom. The number of benzene rings is 2. The number of thioether (sulfide) groups is 1. The molecule has 4 rings (SSSR count). The smallest absolute Gasteiger partial charge is 0.198 e. The van der Waals surface area contributed by atoms with E-state index in [0.29, 0.717) is 9.92 Å². The van der Waals surface area contributed by atoms with Gasteiger partial charge >= 0.3 is 0 Å². The van der Waals surface area contributed by atoms with Crippen molar-refractivity contribution in [3.63, 3.8) is 0 Å². The molecule has 13 heteroatoms. The van der Waals surface area contributed by atoms with Crippen LogP contribution in [-0.4, -0.2) is 49.1 Å². The maximum Gasteiger partial charge on any atom is 0.198 e. The van der Waals surface area contributed by atoms with Crippen LogP contribution in [-0.2, 0) is 4.74 Å². The van der Waals surface area contributed by atoms with E-state index in [9.17, 15) is 28.5 Å². The molecule has 174 valence electrons. The summed E-state index contributed by atoms with van der Waals surface area (Å²) in [4.78, 5) is 0.550. The average Bonchev–Trinajstić information content (AvgIpc) is 3.26. The predicted molar refractivity (Wildman–Crippen MR) is 114 cm³/mol. The van der Waals surface area contributed by atoms with Crippen molar-refractivity contribution in [2.75, 3.05) is 6.61 Å². The van der Waals surface area contributed by atoms with Gasteiger partial charge in [0.05, 0.1) is 22.8 Å². The first-order valence-corrected chi connectivity index (χ1v) is 10.8. The van der Waals surface area contributed by atoms with Crippen LogP contribution in [0.15, 0.2) is 52.3 Å². The Kier molecular flexibility index (Phi) is 6.78. The monoisotopic (exact) mass is 519 g/mol. The Labute approximate surface area is 199 Å². The SMILES string of the molecule is OCC1OC(Sc2ccc(Cl)c(Cl)c2)=C(O)C(n2cc(-c3cc(F)c(F)c(F)c3)nn2)[C@H]1O. The van der Waals surface area contributed by atoms with Crippen molar-refractivity contribution in [3.8, 4) is 11.3 Å². The van der Waals surface area contributed by atoms with Crippen LogP contribution in [0.3, 0.4) is 0 Å². The summed E-state index contributed by atoms with van der Waals surface area (Å²) in [7, 11) is 0. The zero-order valence-corrected chi connectivity index (χ0v) is 18.6. The molecule has 3 N–H and O–H groups in total. The molecule has 1 aliphatic rings. The van der Waals surface area contributed by atoms with Crippen LogP contribution in [0.25, 0.3) is 11.3 Å². The van der Waals surface area contributed by atoms with Crippen molar-refractivity contribution in [2.45, 2.75) is 23.1 Å². The highest BCUT2D eigenvalue weighted by atomic mass is 35.5. The van der Waals surface area contributed by atoms with E-state index in [1.54, 1.807) is 12.1 Å². The van der Waals surface area contributed by atoms with E-state index in [1.165, 1.54) is 12.3 Å². The number of ether oxygens (including phenoxy) is 1. The summed E-state index contributed by atoms with van der Waals surface area (Å²) in [6.07, 6.45) is -1.38. The zero-order valence-electron chi connectivity index (χ0n) is 16.3. The molecule has 0 bridgehead atoms. The molecule has 0 aliphatic carbocycles. The van der Waals surface area contributed by atoms with Gasteiger partial charge in [0, 0.05) is 10.5 Å². The van der Waals surface area contributed by atoms with Crippen LogP contribution in [0, 0.1) is 17.5 Å². The largest absolute Gasteiger partial charge is 0.506 e. The number of hydrogen-bond donors (Lipinski definition) is 3. The van der Waals surface area contributed by atoms with Gasteiger partial charge in [-0.05, 0) is 42.1 Å². The van der Waals surface area contributed by atoms with E-state index in [2.05, 4.69) is 10.3 Å². The summed E-state index contributed by atoms with van der Waals surface area (Å²) < 4.78 is 47.0. The van der Waals surface area contributed by atoms with Gasteiger partial charge in [-0.3, -0.25) is 0 Å². The minimum absolute atomic E-state index is 0.0429. The highest BCUT2D eigenvalue weighted by Gasteiger charge is 2.41. The first kappa shape index (κ1) is 23.7. The molecule has 7 nitrogen and oxygen atoms in total. The summed E-state index contributed by atoms with van der Waals surface area (Å²) >= 11 is 12.9. The third kappa shape index (κ3) is 4.64. The molecule has 0 radical (unpaired) electrons. The lowest BCUT2D eigenvalue weighted by molar-refractivity contribution is -0.0735. The van der Waals surface area contributed by atoms with Crippen molar-refractivity contribution in [2.24, 2.45) is 0 Å². The van der Waals surface area contributed by atoms with Crippen LogP contribution < -0.4 is 0 Å². The quantitative estimate of drug-likeness (QED) is 0.427. The van der Waals surface area contributed by atoms with Gasteiger partial charge < -0.3 is 20.1 Å². The van der Waals surface area contributed by atoms with Gasteiger partial charge in [0.25, 0.3) is 0 Å². The number of aliphatic hydroxyl groups is 3. The van der Waals surface area contributed by atoms with E-state index < -0.39 is 48.1 Å². The molecule has 3 atom stereocenters. The minimum atomic E-state index is -1.62. The molecule has 0 saturated heterocycles. The highest BCUT2D eigenvalue weighted by Crippen LogP contribution is 2.41. The van der Waals surface area contributed by atoms with Crippen LogP contribution >= 0.6 is 35.0 Å². The predicted octanol–water partition coefficient (Wildman–Crippen LogP) is 4.48. The molecular formula is C20H14Cl2F3N3O4S. The van der Waals surface area contributed by atoms with Crippen molar-refractivity contribution in [3.05, 3.63) is 74.9 Å². The fourth-order valence-electron chi connectivity index (χ4n) is 3.15. The van der Waals surface area contributed by atoms with Crippen molar-refractivity contribution in [1.29, 1.82) is 0 Å². The Bertz CT molecular complexity index is 1220. The third-order valence-corrected chi connectivity index (χ3v) is 6.53. The maximum absolute atomic E-state index is 13.6. The lowest BCUT2D eigenvalue weighted by Crippen LogP contribution is -2.43. The number of aliphatic hydroxyl groups excluding tert-OH is 3. The topological polar surface area (TPSA) is 101 Å². The molecule has 2 aromatic carbocycles. The van der Waals surface area contributed by atoms with Gasteiger partial charge in [-0.2, -0.15) is 0 Å². The second kappa shape index (κ2) is 9.43. The summed E-state index contributed by atoms with van der Waals surface area (Å²) in [6, 6.07) is 4.94. The standard InChI is InChI=1S/C20H14Cl2F3N3O4S/c21-10-2-1-9(5-11(10)22)33-20-19(31)17(18(30)15(7-29)32-20)28-6-14(26-27-28)8-3-12(23)16(25)13(24)4-8/h1-6,15,17-18,29-31H,7H2/t15?,17?,18-/m0/s1. The molecular weight excluding hydrogens is 506 g/mol. The first-order chi connectivity index (χ1) is 15.7. The molecule has 2 unspecified atom stereocenters. The molecule has 0 fully saturated rings. The van der Waals surface area contributed by atoms with E-state index in [1.807, 2.05) is 0 Å². The van der Waals surface area contributed by atoms with Gasteiger partial charge in [0.15, 0.2) is 34.4 Å². The van der Waals surface area contributed by atoms with E-state index in [0.717, 1.165) is 28.6 Å².